The molecule has 1 heterocycles. The van der Waals surface area contributed by atoms with Gasteiger partial charge in [0.2, 0.25) is 0 Å². The molecule has 1 aliphatic heterocycles. The lowest BCUT2D eigenvalue weighted by molar-refractivity contribution is -0.123. The van der Waals surface area contributed by atoms with Gasteiger partial charge in [0.05, 0.1) is 18.2 Å². The second-order valence-electron chi connectivity index (χ2n) is 4.81. The predicted molar refractivity (Wildman–Crippen MR) is 89.4 cm³/mol. The molecule has 0 radical (unpaired) electrons. The van der Waals surface area contributed by atoms with Crippen LogP contribution in [0.3, 0.4) is 0 Å². The van der Waals surface area contributed by atoms with Crippen LogP contribution < -0.4 is 15.4 Å². The van der Waals surface area contributed by atoms with Crippen molar-refractivity contribution < 1.29 is 14.3 Å². The van der Waals surface area contributed by atoms with Gasteiger partial charge >= 0.3 is 0 Å². The number of hydrogen-bond donors (Lipinski definition) is 2. The molecule has 2 N–H and O–H groups in total. The quantitative estimate of drug-likeness (QED) is 0.835. The first-order chi connectivity index (χ1) is 10.1. The van der Waals surface area contributed by atoms with Gasteiger partial charge in [0, 0.05) is 30.6 Å². The average Bonchev–Trinajstić information content (AvgIpc) is 2.73. The van der Waals surface area contributed by atoms with Crippen molar-refractivity contribution in [3.63, 3.8) is 0 Å². The van der Waals surface area contributed by atoms with Gasteiger partial charge in [0.25, 0.3) is 5.91 Å². The van der Waals surface area contributed by atoms with Gasteiger partial charge < -0.3 is 20.1 Å². The molecular weight excluding hydrogens is 351 g/mol. The van der Waals surface area contributed by atoms with Crippen molar-refractivity contribution in [3.8, 4) is 5.75 Å². The fourth-order valence-corrected chi connectivity index (χ4v) is 2.40. The van der Waals surface area contributed by atoms with Gasteiger partial charge in [-0.2, -0.15) is 0 Å². The van der Waals surface area contributed by atoms with Crippen LogP contribution in [0, 0.1) is 5.92 Å². The summed E-state index contributed by atoms with van der Waals surface area (Å²) in [6, 6.07) is 4.88. The Morgan fingerprint density at radius 1 is 1.45 bits per heavy atom. The molecule has 2 rings (SSSR count). The van der Waals surface area contributed by atoms with Crippen LogP contribution in [0.5, 0.6) is 5.75 Å². The third kappa shape index (κ3) is 6.58. The third-order valence-corrected chi connectivity index (χ3v) is 3.58. The second-order valence-corrected chi connectivity index (χ2v) is 5.66. The first-order valence-corrected chi connectivity index (χ1v) is 7.54. The largest absolute Gasteiger partial charge is 0.482 e. The summed E-state index contributed by atoms with van der Waals surface area (Å²) in [7, 11) is 0. The Hall–Kier alpha value is -0.720. The number of rotatable bonds is 5. The maximum Gasteiger partial charge on any atom is 0.257 e. The highest BCUT2D eigenvalue weighted by molar-refractivity contribution is 6.35. The Morgan fingerprint density at radius 3 is 3.05 bits per heavy atom. The molecule has 1 unspecified atom stereocenters. The summed E-state index contributed by atoms with van der Waals surface area (Å²) >= 11 is 11.8. The average molecular weight is 370 g/mol. The van der Waals surface area contributed by atoms with Crippen LogP contribution in [-0.2, 0) is 9.53 Å². The van der Waals surface area contributed by atoms with E-state index >= 15 is 0 Å². The lowest BCUT2D eigenvalue weighted by Crippen LogP contribution is -2.37. The fraction of sp³-hybridized carbons (Fsp3) is 0.500. The minimum atomic E-state index is -0.190. The van der Waals surface area contributed by atoms with Gasteiger partial charge in [0.1, 0.15) is 5.75 Å². The molecule has 1 aromatic carbocycles. The number of ether oxygens (including phenoxy) is 2. The number of nitrogens with one attached hydrogen (secondary N) is 2. The zero-order valence-electron chi connectivity index (χ0n) is 11.9. The normalized spacial score (nSPS) is 18.0. The Morgan fingerprint density at radius 2 is 2.27 bits per heavy atom. The summed E-state index contributed by atoms with van der Waals surface area (Å²) in [6.45, 7) is 3.53. The molecule has 0 bridgehead atoms. The third-order valence-electron chi connectivity index (χ3n) is 3.05. The number of benzene rings is 1. The van der Waals surface area contributed by atoms with Gasteiger partial charge in [-0.3, -0.25) is 4.79 Å². The maximum absolute atomic E-state index is 11.8. The topological polar surface area (TPSA) is 59.6 Å². The first kappa shape index (κ1) is 19.3. The maximum atomic E-state index is 11.8. The van der Waals surface area contributed by atoms with E-state index in [0.717, 1.165) is 13.1 Å². The molecule has 8 heteroatoms. The van der Waals surface area contributed by atoms with Gasteiger partial charge in [-0.25, -0.2) is 0 Å². The van der Waals surface area contributed by atoms with Crippen molar-refractivity contribution in [3.05, 3.63) is 28.2 Å². The van der Waals surface area contributed by atoms with Gasteiger partial charge in [-0.1, -0.05) is 23.2 Å². The van der Waals surface area contributed by atoms with E-state index in [0.29, 0.717) is 35.6 Å². The number of halogens is 3. The Labute approximate surface area is 146 Å². The molecule has 0 saturated carbocycles. The summed E-state index contributed by atoms with van der Waals surface area (Å²) in [6.07, 6.45) is 0. The number of amides is 1. The van der Waals surface area contributed by atoms with Crippen LogP contribution >= 0.6 is 35.6 Å². The minimum Gasteiger partial charge on any atom is -0.482 e. The van der Waals surface area contributed by atoms with Crippen molar-refractivity contribution in [2.24, 2.45) is 5.92 Å². The van der Waals surface area contributed by atoms with E-state index in [2.05, 4.69) is 10.6 Å². The number of carbonyl (C=O) groups excluding carboxylic acids is 1. The molecule has 5 nitrogen and oxygen atoms in total. The van der Waals surface area contributed by atoms with Gasteiger partial charge in [-0.05, 0) is 18.2 Å². The van der Waals surface area contributed by atoms with Crippen molar-refractivity contribution in [1.29, 1.82) is 0 Å². The summed E-state index contributed by atoms with van der Waals surface area (Å²) in [4.78, 5) is 11.8. The molecule has 1 aliphatic rings. The van der Waals surface area contributed by atoms with Crippen LogP contribution in [0.1, 0.15) is 0 Å². The molecule has 1 amide bonds. The van der Waals surface area contributed by atoms with Gasteiger partial charge in [-0.15, -0.1) is 12.4 Å². The van der Waals surface area contributed by atoms with Crippen LogP contribution in [-0.4, -0.2) is 45.4 Å². The molecule has 124 valence electrons. The molecule has 0 spiro atoms. The zero-order chi connectivity index (χ0) is 15.1. The molecule has 1 aromatic rings. The summed E-state index contributed by atoms with van der Waals surface area (Å²) in [5.41, 5.74) is 0. The van der Waals surface area contributed by atoms with Crippen LogP contribution in [0.25, 0.3) is 0 Å². The monoisotopic (exact) mass is 368 g/mol. The minimum absolute atomic E-state index is 0. The van der Waals surface area contributed by atoms with Crippen molar-refractivity contribution in [1.82, 2.24) is 10.6 Å². The van der Waals surface area contributed by atoms with Crippen LogP contribution in [0.4, 0.5) is 0 Å². The number of hydrogen-bond acceptors (Lipinski definition) is 4. The lowest BCUT2D eigenvalue weighted by atomic mass is 10.1. The Bertz CT molecular complexity index is 480. The zero-order valence-corrected chi connectivity index (χ0v) is 14.3. The van der Waals surface area contributed by atoms with Crippen molar-refractivity contribution in [2.45, 2.75) is 0 Å². The standard InChI is InChI=1S/C14H18Cl2N2O3.ClH/c15-11-1-2-13(12(16)5-11)21-9-14(19)18-7-10-6-17-3-4-20-8-10;/h1-2,5,10,17H,3-4,6-9H2,(H,18,19);1H. The van der Waals surface area contributed by atoms with E-state index in [-0.39, 0.29) is 30.8 Å². The van der Waals surface area contributed by atoms with E-state index in [1.807, 2.05) is 0 Å². The Balaban J connectivity index is 0.00000242. The van der Waals surface area contributed by atoms with E-state index < -0.39 is 0 Å². The smallest absolute Gasteiger partial charge is 0.257 e. The molecule has 1 saturated heterocycles. The molecule has 1 fully saturated rings. The van der Waals surface area contributed by atoms with E-state index in [1.165, 1.54) is 0 Å². The molecule has 1 atom stereocenters. The summed E-state index contributed by atoms with van der Waals surface area (Å²) in [5, 5.41) is 6.99. The highest BCUT2D eigenvalue weighted by Crippen LogP contribution is 2.27. The van der Waals surface area contributed by atoms with E-state index in [9.17, 15) is 4.79 Å². The van der Waals surface area contributed by atoms with Crippen molar-refractivity contribution >= 4 is 41.5 Å². The SMILES string of the molecule is Cl.O=C(COc1ccc(Cl)cc1Cl)NCC1CNCCOC1. The van der Waals surface area contributed by atoms with Crippen molar-refractivity contribution in [2.75, 3.05) is 39.5 Å². The van der Waals surface area contributed by atoms with Gasteiger partial charge in [0.15, 0.2) is 6.61 Å². The Kier molecular flexibility index (Phi) is 8.90. The van der Waals surface area contributed by atoms with E-state index in [1.54, 1.807) is 18.2 Å². The fourth-order valence-electron chi connectivity index (χ4n) is 1.94. The molecular formula is C14H19Cl3N2O3. The summed E-state index contributed by atoms with van der Waals surface area (Å²) in [5.74, 6) is 0.525. The number of carbonyl (C=O) groups is 1. The highest BCUT2D eigenvalue weighted by atomic mass is 35.5. The van der Waals surface area contributed by atoms with Crippen LogP contribution in [0.2, 0.25) is 10.0 Å². The molecule has 22 heavy (non-hydrogen) atoms. The second kappa shape index (κ2) is 10.1. The lowest BCUT2D eigenvalue weighted by Gasteiger charge is -2.15. The highest BCUT2D eigenvalue weighted by Gasteiger charge is 2.14. The first-order valence-electron chi connectivity index (χ1n) is 6.78. The summed E-state index contributed by atoms with van der Waals surface area (Å²) < 4.78 is 10.8. The van der Waals surface area contributed by atoms with E-state index in [4.69, 9.17) is 32.7 Å². The molecule has 0 aromatic heterocycles. The predicted octanol–water partition coefficient (Wildman–Crippen LogP) is 2.15. The molecule has 0 aliphatic carbocycles. The van der Waals surface area contributed by atoms with Crippen LogP contribution in [0.15, 0.2) is 18.2 Å².